The summed E-state index contributed by atoms with van der Waals surface area (Å²) in [6, 6.07) is 5.95. The molecule has 0 bridgehead atoms. The summed E-state index contributed by atoms with van der Waals surface area (Å²) in [5.41, 5.74) is 7.17. The van der Waals surface area contributed by atoms with Gasteiger partial charge in [0, 0.05) is 19.5 Å². The predicted octanol–water partition coefficient (Wildman–Crippen LogP) is 0.508. The Balaban J connectivity index is 2.27. The Morgan fingerprint density at radius 3 is 2.89 bits per heavy atom. The second-order valence-corrected chi connectivity index (χ2v) is 4.65. The summed E-state index contributed by atoms with van der Waals surface area (Å²) in [4.78, 5) is 10.5. The van der Waals surface area contributed by atoms with E-state index >= 15 is 0 Å². The van der Waals surface area contributed by atoms with Crippen molar-refractivity contribution in [3.8, 4) is 5.75 Å². The first-order valence-electron chi connectivity index (χ1n) is 6.36. The lowest BCUT2D eigenvalue weighted by Crippen LogP contribution is -2.33. The third kappa shape index (κ3) is 6.22. The van der Waals surface area contributed by atoms with E-state index in [0.29, 0.717) is 13.1 Å². The molecule has 0 fully saturated rings. The second-order valence-electron chi connectivity index (χ2n) is 4.65. The smallest absolute Gasteiger partial charge is 0.218 e. The standard InChI is InChI=1S/C14H22N2O3/c1-10-3-4-11(2)13(7-10)19-9-12(17)8-16-6-5-14(15)18/h3-4,7,12,16-17H,5-6,8-9H2,1-2H3,(H2,15,18). The number of carbonyl (C=O) groups is 1. The van der Waals surface area contributed by atoms with E-state index in [1.165, 1.54) is 0 Å². The highest BCUT2D eigenvalue weighted by molar-refractivity contribution is 5.73. The number of rotatable bonds is 8. The Morgan fingerprint density at radius 2 is 2.21 bits per heavy atom. The summed E-state index contributed by atoms with van der Waals surface area (Å²) in [5, 5.41) is 12.7. The van der Waals surface area contributed by atoms with Crippen molar-refractivity contribution in [3.05, 3.63) is 29.3 Å². The maximum atomic E-state index is 10.5. The van der Waals surface area contributed by atoms with Gasteiger partial charge in [0.15, 0.2) is 0 Å². The van der Waals surface area contributed by atoms with Crippen LogP contribution in [0.2, 0.25) is 0 Å². The van der Waals surface area contributed by atoms with Crippen LogP contribution in [0.1, 0.15) is 17.5 Å². The zero-order valence-electron chi connectivity index (χ0n) is 11.5. The van der Waals surface area contributed by atoms with Crippen LogP contribution in [-0.4, -0.2) is 36.8 Å². The average molecular weight is 266 g/mol. The molecule has 1 atom stereocenters. The molecule has 4 N–H and O–H groups in total. The monoisotopic (exact) mass is 266 g/mol. The van der Waals surface area contributed by atoms with Gasteiger partial charge in [-0.05, 0) is 31.0 Å². The third-order valence-corrected chi connectivity index (χ3v) is 2.70. The Morgan fingerprint density at radius 1 is 1.47 bits per heavy atom. The van der Waals surface area contributed by atoms with Gasteiger partial charge in [0.25, 0.3) is 0 Å². The van der Waals surface area contributed by atoms with Gasteiger partial charge in [-0.1, -0.05) is 12.1 Å². The summed E-state index contributed by atoms with van der Waals surface area (Å²) < 4.78 is 5.58. The lowest BCUT2D eigenvalue weighted by Gasteiger charge is -2.14. The van der Waals surface area contributed by atoms with Gasteiger partial charge >= 0.3 is 0 Å². The van der Waals surface area contributed by atoms with Crippen molar-refractivity contribution >= 4 is 5.91 Å². The largest absolute Gasteiger partial charge is 0.491 e. The molecule has 0 saturated carbocycles. The van der Waals surface area contributed by atoms with Crippen LogP contribution in [-0.2, 0) is 4.79 Å². The number of ether oxygens (including phenoxy) is 1. The Hall–Kier alpha value is -1.59. The fourth-order valence-electron chi connectivity index (χ4n) is 1.59. The number of nitrogens with one attached hydrogen (secondary N) is 1. The van der Waals surface area contributed by atoms with Crippen LogP contribution in [0.15, 0.2) is 18.2 Å². The normalized spacial score (nSPS) is 12.2. The summed E-state index contributed by atoms with van der Waals surface area (Å²) >= 11 is 0. The molecule has 1 amide bonds. The van der Waals surface area contributed by atoms with Crippen molar-refractivity contribution in [1.82, 2.24) is 5.32 Å². The topological polar surface area (TPSA) is 84.6 Å². The fourth-order valence-corrected chi connectivity index (χ4v) is 1.59. The van der Waals surface area contributed by atoms with Crippen molar-refractivity contribution in [2.75, 3.05) is 19.7 Å². The van der Waals surface area contributed by atoms with E-state index in [4.69, 9.17) is 10.5 Å². The number of benzene rings is 1. The molecule has 1 aromatic rings. The highest BCUT2D eigenvalue weighted by atomic mass is 16.5. The molecule has 0 heterocycles. The number of carbonyl (C=O) groups excluding carboxylic acids is 1. The Bertz CT molecular complexity index is 421. The van der Waals surface area contributed by atoms with Crippen LogP contribution >= 0.6 is 0 Å². The number of aliphatic hydroxyl groups is 1. The number of primary amides is 1. The van der Waals surface area contributed by atoms with Gasteiger partial charge in [0.05, 0.1) is 0 Å². The van der Waals surface area contributed by atoms with Gasteiger partial charge in [-0.3, -0.25) is 4.79 Å². The first-order chi connectivity index (χ1) is 8.99. The van der Waals surface area contributed by atoms with Crippen molar-refractivity contribution < 1.29 is 14.6 Å². The van der Waals surface area contributed by atoms with E-state index in [1.807, 2.05) is 32.0 Å². The SMILES string of the molecule is Cc1ccc(C)c(OCC(O)CNCCC(N)=O)c1. The van der Waals surface area contributed by atoms with E-state index in [-0.39, 0.29) is 18.9 Å². The quantitative estimate of drug-likeness (QED) is 0.598. The maximum absolute atomic E-state index is 10.5. The molecule has 19 heavy (non-hydrogen) atoms. The number of hydrogen-bond donors (Lipinski definition) is 3. The number of nitrogens with two attached hydrogens (primary N) is 1. The predicted molar refractivity (Wildman–Crippen MR) is 74.1 cm³/mol. The van der Waals surface area contributed by atoms with Crippen LogP contribution in [0.4, 0.5) is 0 Å². The lowest BCUT2D eigenvalue weighted by atomic mass is 10.1. The van der Waals surface area contributed by atoms with E-state index < -0.39 is 6.10 Å². The highest BCUT2D eigenvalue weighted by Crippen LogP contribution is 2.19. The van der Waals surface area contributed by atoms with Crippen LogP contribution < -0.4 is 15.8 Å². The fraction of sp³-hybridized carbons (Fsp3) is 0.500. The average Bonchev–Trinajstić information content (AvgIpc) is 2.35. The molecule has 5 nitrogen and oxygen atoms in total. The first-order valence-corrected chi connectivity index (χ1v) is 6.36. The number of aryl methyl sites for hydroxylation is 2. The van der Waals surface area contributed by atoms with E-state index in [0.717, 1.165) is 16.9 Å². The van der Waals surface area contributed by atoms with Crippen LogP contribution in [0.3, 0.4) is 0 Å². The minimum absolute atomic E-state index is 0.216. The molecule has 0 spiro atoms. The molecular weight excluding hydrogens is 244 g/mol. The van der Waals surface area contributed by atoms with Crippen molar-refractivity contribution in [2.24, 2.45) is 5.73 Å². The summed E-state index contributed by atoms with van der Waals surface area (Å²) in [5.74, 6) is 0.435. The van der Waals surface area contributed by atoms with E-state index in [9.17, 15) is 9.90 Å². The van der Waals surface area contributed by atoms with Crippen molar-refractivity contribution in [1.29, 1.82) is 0 Å². The molecule has 1 aromatic carbocycles. The minimum Gasteiger partial charge on any atom is -0.491 e. The number of amides is 1. The zero-order valence-corrected chi connectivity index (χ0v) is 11.5. The molecule has 0 aliphatic rings. The zero-order chi connectivity index (χ0) is 14.3. The minimum atomic E-state index is -0.618. The molecule has 5 heteroatoms. The van der Waals surface area contributed by atoms with Crippen molar-refractivity contribution in [2.45, 2.75) is 26.4 Å². The summed E-state index contributed by atoms with van der Waals surface area (Å²) in [6.07, 6.45) is -0.349. The second kappa shape index (κ2) is 7.76. The molecular formula is C14H22N2O3. The van der Waals surface area contributed by atoms with Crippen LogP contribution in [0.5, 0.6) is 5.75 Å². The molecule has 1 unspecified atom stereocenters. The molecule has 0 aromatic heterocycles. The third-order valence-electron chi connectivity index (χ3n) is 2.70. The van der Waals surface area contributed by atoms with Crippen molar-refractivity contribution in [3.63, 3.8) is 0 Å². The van der Waals surface area contributed by atoms with Gasteiger partial charge in [-0.25, -0.2) is 0 Å². The maximum Gasteiger partial charge on any atom is 0.218 e. The van der Waals surface area contributed by atoms with Gasteiger partial charge < -0.3 is 20.9 Å². The van der Waals surface area contributed by atoms with Gasteiger partial charge in [-0.15, -0.1) is 0 Å². The van der Waals surface area contributed by atoms with Gasteiger partial charge in [-0.2, -0.15) is 0 Å². The van der Waals surface area contributed by atoms with E-state index in [2.05, 4.69) is 5.32 Å². The first kappa shape index (κ1) is 15.5. The van der Waals surface area contributed by atoms with E-state index in [1.54, 1.807) is 0 Å². The van der Waals surface area contributed by atoms with Gasteiger partial charge in [0.2, 0.25) is 5.91 Å². The Labute approximate surface area is 113 Å². The molecule has 0 saturated heterocycles. The summed E-state index contributed by atoms with van der Waals surface area (Å²) in [7, 11) is 0. The number of aliphatic hydroxyl groups excluding tert-OH is 1. The van der Waals surface area contributed by atoms with Crippen LogP contribution in [0, 0.1) is 13.8 Å². The van der Waals surface area contributed by atoms with Crippen LogP contribution in [0.25, 0.3) is 0 Å². The molecule has 0 radical (unpaired) electrons. The molecule has 0 aliphatic heterocycles. The molecule has 106 valence electrons. The lowest BCUT2D eigenvalue weighted by molar-refractivity contribution is -0.117. The number of hydrogen-bond acceptors (Lipinski definition) is 4. The Kier molecular flexibility index (Phi) is 6.32. The van der Waals surface area contributed by atoms with Gasteiger partial charge in [0.1, 0.15) is 18.5 Å². The molecule has 0 aliphatic carbocycles. The molecule has 1 rings (SSSR count). The summed E-state index contributed by atoms with van der Waals surface area (Å²) in [6.45, 7) is 5.02. The highest BCUT2D eigenvalue weighted by Gasteiger charge is 2.07.